The summed E-state index contributed by atoms with van der Waals surface area (Å²) in [6.45, 7) is 5.24. The minimum absolute atomic E-state index is 0.0700. The van der Waals surface area contributed by atoms with Gasteiger partial charge in [-0.3, -0.25) is 19.8 Å². The molecule has 3 aromatic carbocycles. The Morgan fingerprint density at radius 1 is 0.976 bits per heavy atom. The molecule has 0 saturated carbocycles. The average Bonchev–Trinajstić information content (AvgIpc) is 3.46. The fourth-order valence-electron chi connectivity index (χ4n) is 5.57. The Hall–Kier alpha value is -4.90. The van der Waals surface area contributed by atoms with Crippen molar-refractivity contribution in [1.29, 1.82) is 0 Å². The highest BCUT2D eigenvalue weighted by Crippen LogP contribution is 2.30. The van der Waals surface area contributed by atoms with E-state index in [4.69, 9.17) is 0 Å². The van der Waals surface area contributed by atoms with Crippen molar-refractivity contribution < 1.29 is 4.92 Å². The molecule has 3 heterocycles. The molecule has 1 aliphatic rings. The Morgan fingerprint density at radius 2 is 1.73 bits per heavy atom. The third-order valence-electron chi connectivity index (χ3n) is 7.78. The molecule has 2 aromatic heterocycles. The monoisotopic (exact) mass is 550 g/mol. The summed E-state index contributed by atoms with van der Waals surface area (Å²) in [6.07, 6.45) is 0.757. The summed E-state index contributed by atoms with van der Waals surface area (Å²) in [5.41, 5.74) is 4.45. The van der Waals surface area contributed by atoms with Crippen LogP contribution < -0.4 is 10.5 Å². The molecule has 5 aromatic rings. The number of fused-ring (bicyclic) bond motifs is 1. The van der Waals surface area contributed by atoms with Crippen molar-refractivity contribution in [2.24, 2.45) is 0 Å². The average molecular weight is 551 g/mol. The van der Waals surface area contributed by atoms with Crippen LogP contribution in [0.5, 0.6) is 0 Å². The van der Waals surface area contributed by atoms with Crippen molar-refractivity contribution in [2.45, 2.75) is 25.9 Å². The highest BCUT2D eigenvalue weighted by atomic mass is 16.6. The Morgan fingerprint density at radius 3 is 2.46 bits per heavy atom. The number of hydrogen-bond donors (Lipinski definition) is 1. The lowest BCUT2D eigenvalue weighted by Crippen LogP contribution is -2.49. The maximum absolute atomic E-state index is 13.6. The van der Waals surface area contributed by atoms with Gasteiger partial charge in [0.2, 0.25) is 0 Å². The quantitative estimate of drug-likeness (QED) is 0.228. The molecular formula is C30H30N8O3. The van der Waals surface area contributed by atoms with E-state index in [-0.39, 0.29) is 11.2 Å². The molecular weight excluding hydrogens is 520 g/mol. The number of hydrogen-bond acceptors (Lipinski definition) is 8. The predicted octanol–water partition coefficient (Wildman–Crippen LogP) is 3.89. The van der Waals surface area contributed by atoms with Crippen LogP contribution in [0.15, 0.2) is 83.7 Å². The van der Waals surface area contributed by atoms with Crippen molar-refractivity contribution in [3.8, 4) is 0 Å². The highest BCUT2D eigenvalue weighted by Gasteiger charge is 2.33. The number of anilines is 1. The van der Waals surface area contributed by atoms with Crippen LogP contribution in [-0.2, 0) is 13.0 Å². The molecule has 208 valence electrons. The van der Waals surface area contributed by atoms with E-state index in [1.54, 1.807) is 16.8 Å². The van der Waals surface area contributed by atoms with Crippen LogP contribution in [0.25, 0.3) is 10.9 Å². The number of para-hydroxylation sites is 1. The second-order valence-electron chi connectivity index (χ2n) is 10.3. The first-order valence-corrected chi connectivity index (χ1v) is 13.6. The van der Waals surface area contributed by atoms with Crippen molar-refractivity contribution >= 4 is 22.3 Å². The maximum Gasteiger partial charge on any atom is 0.269 e. The Bertz CT molecular complexity index is 1720. The van der Waals surface area contributed by atoms with E-state index >= 15 is 0 Å². The third-order valence-corrected chi connectivity index (χ3v) is 7.78. The fraction of sp³-hybridized carbons (Fsp3) is 0.267. The van der Waals surface area contributed by atoms with Crippen LogP contribution in [0.1, 0.15) is 28.6 Å². The van der Waals surface area contributed by atoms with Gasteiger partial charge in [-0.2, -0.15) is 0 Å². The summed E-state index contributed by atoms with van der Waals surface area (Å²) in [7, 11) is 0. The number of pyridine rings is 1. The van der Waals surface area contributed by atoms with Gasteiger partial charge in [-0.05, 0) is 58.5 Å². The lowest BCUT2D eigenvalue weighted by Gasteiger charge is -2.39. The lowest BCUT2D eigenvalue weighted by molar-refractivity contribution is -0.384. The molecule has 11 heteroatoms. The molecule has 1 fully saturated rings. The van der Waals surface area contributed by atoms with Gasteiger partial charge in [0.05, 0.1) is 10.4 Å². The largest absolute Gasteiger partial charge is 0.369 e. The van der Waals surface area contributed by atoms with Gasteiger partial charge in [-0.25, -0.2) is 4.68 Å². The number of piperazine rings is 1. The number of non-ortho nitro benzene ring substituents is 1. The second-order valence-corrected chi connectivity index (χ2v) is 10.3. The normalized spacial score (nSPS) is 14.8. The summed E-state index contributed by atoms with van der Waals surface area (Å²) in [5, 5.41) is 24.8. The van der Waals surface area contributed by atoms with Crippen molar-refractivity contribution in [2.75, 3.05) is 31.1 Å². The van der Waals surface area contributed by atoms with E-state index < -0.39 is 11.0 Å². The number of aryl methyl sites for hydroxylation is 3. The fourth-order valence-corrected chi connectivity index (χ4v) is 5.57. The van der Waals surface area contributed by atoms with Gasteiger partial charge in [0, 0.05) is 56.1 Å². The second kappa shape index (κ2) is 11.3. The van der Waals surface area contributed by atoms with E-state index in [0.717, 1.165) is 28.6 Å². The van der Waals surface area contributed by atoms with Crippen LogP contribution in [0, 0.1) is 17.0 Å². The molecule has 6 rings (SSSR count). The van der Waals surface area contributed by atoms with Gasteiger partial charge in [-0.1, -0.05) is 48.5 Å². The van der Waals surface area contributed by atoms with Crippen molar-refractivity contribution in [1.82, 2.24) is 30.1 Å². The third kappa shape index (κ3) is 5.44. The first kappa shape index (κ1) is 26.3. The molecule has 0 amide bonds. The molecule has 1 N–H and O–H groups in total. The summed E-state index contributed by atoms with van der Waals surface area (Å²) < 4.78 is 1.81. The van der Waals surface area contributed by atoms with E-state index in [1.165, 1.54) is 17.7 Å². The molecule has 0 unspecified atom stereocenters. The minimum atomic E-state index is -0.451. The number of tetrazole rings is 1. The number of nitrogens with zero attached hydrogens (tertiary/aromatic N) is 7. The van der Waals surface area contributed by atoms with E-state index in [1.807, 2.05) is 49.4 Å². The van der Waals surface area contributed by atoms with E-state index in [9.17, 15) is 14.9 Å². The zero-order valence-electron chi connectivity index (χ0n) is 22.7. The van der Waals surface area contributed by atoms with E-state index in [2.05, 4.69) is 42.4 Å². The minimum Gasteiger partial charge on any atom is -0.369 e. The lowest BCUT2D eigenvalue weighted by atomic mass is 10.0. The van der Waals surface area contributed by atoms with Gasteiger partial charge in [0.1, 0.15) is 6.04 Å². The van der Waals surface area contributed by atoms with Gasteiger partial charge in [0.15, 0.2) is 5.82 Å². The number of rotatable bonds is 8. The SMILES string of the molecule is Cc1cccc2cc([C@@H](c3nnnn3CCc3ccccc3)N3CCN(c4ccc([N+](=O)[O-])cc4)CC3)c(=O)[nH]c12. The zero-order valence-corrected chi connectivity index (χ0v) is 22.7. The molecule has 11 nitrogen and oxygen atoms in total. The predicted molar refractivity (Wildman–Crippen MR) is 156 cm³/mol. The Kier molecular flexibility index (Phi) is 7.26. The molecule has 41 heavy (non-hydrogen) atoms. The van der Waals surface area contributed by atoms with Crippen LogP contribution in [0.3, 0.4) is 0 Å². The summed E-state index contributed by atoms with van der Waals surface area (Å²) in [5.74, 6) is 0.627. The standard InChI is InChI=1S/C30H30N8O3/c1-21-6-5-9-23-20-26(30(39)31-27(21)23)28(29-32-33-34-37(29)15-14-22-7-3-2-4-8-22)36-18-16-35(17-19-36)24-10-12-25(13-11-24)38(40)41/h2-13,20,28H,14-19H2,1H3,(H,31,39)/t28-/m0/s1. The van der Waals surface area contributed by atoms with Crippen LogP contribution >= 0.6 is 0 Å². The number of nitrogens with one attached hydrogen (secondary N) is 1. The molecule has 1 atom stereocenters. The van der Waals surface area contributed by atoms with Gasteiger partial charge in [-0.15, -0.1) is 5.10 Å². The molecule has 0 spiro atoms. The number of nitro groups is 1. The van der Waals surface area contributed by atoms with Crippen LogP contribution in [0.2, 0.25) is 0 Å². The van der Waals surface area contributed by atoms with Gasteiger partial charge >= 0.3 is 0 Å². The van der Waals surface area contributed by atoms with Crippen molar-refractivity contribution in [3.05, 3.63) is 122 Å². The number of benzene rings is 3. The van der Waals surface area contributed by atoms with Crippen LogP contribution in [0.4, 0.5) is 11.4 Å². The summed E-state index contributed by atoms with van der Waals surface area (Å²) >= 11 is 0. The molecule has 0 aliphatic carbocycles. The molecule has 1 aliphatic heterocycles. The zero-order chi connectivity index (χ0) is 28.3. The Labute approximate surface area is 236 Å². The first-order valence-electron chi connectivity index (χ1n) is 13.6. The number of H-pyrrole nitrogens is 1. The Balaban J connectivity index is 1.32. The number of nitro benzene ring substituents is 1. The molecule has 1 saturated heterocycles. The number of aromatic amines is 1. The number of aromatic nitrogens is 5. The molecule has 0 bridgehead atoms. The summed E-state index contributed by atoms with van der Waals surface area (Å²) in [6, 6.07) is 24.3. The smallest absolute Gasteiger partial charge is 0.269 e. The highest BCUT2D eigenvalue weighted by molar-refractivity contribution is 5.82. The first-order chi connectivity index (χ1) is 20.0. The van der Waals surface area contributed by atoms with Crippen molar-refractivity contribution in [3.63, 3.8) is 0 Å². The maximum atomic E-state index is 13.6. The molecule has 0 radical (unpaired) electrons. The topological polar surface area (TPSA) is 126 Å². The van der Waals surface area contributed by atoms with Gasteiger partial charge in [0.25, 0.3) is 11.2 Å². The van der Waals surface area contributed by atoms with Crippen LogP contribution in [-0.4, -0.2) is 61.2 Å². The summed E-state index contributed by atoms with van der Waals surface area (Å²) in [4.78, 5) is 31.8. The van der Waals surface area contributed by atoms with E-state index in [0.29, 0.717) is 44.1 Å². The van der Waals surface area contributed by atoms with Gasteiger partial charge < -0.3 is 9.88 Å².